The zero-order valence-corrected chi connectivity index (χ0v) is 13.0. The third-order valence-electron chi connectivity index (χ3n) is 3.18. The van der Waals surface area contributed by atoms with Crippen LogP contribution in [-0.2, 0) is 23.1 Å². The molecule has 0 bridgehead atoms. The van der Waals surface area contributed by atoms with Gasteiger partial charge in [0.15, 0.2) is 0 Å². The molecule has 0 radical (unpaired) electrons. The highest BCUT2D eigenvalue weighted by Gasteiger charge is 2.12. The van der Waals surface area contributed by atoms with Gasteiger partial charge in [-0.3, -0.25) is 4.21 Å². The molecule has 0 fully saturated rings. The molecule has 0 aliphatic rings. The zero-order chi connectivity index (χ0) is 15.2. The number of methoxy groups -OCH3 is 2. The Morgan fingerprint density at radius 3 is 2.43 bits per heavy atom. The lowest BCUT2D eigenvalue weighted by molar-refractivity contribution is 0.404. The Labute approximate surface area is 127 Å². The average Bonchev–Trinajstić information content (AvgIpc) is 2.54. The van der Waals surface area contributed by atoms with Crippen molar-refractivity contribution in [2.45, 2.75) is 17.2 Å². The van der Waals surface area contributed by atoms with Gasteiger partial charge in [-0.25, -0.2) is 0 Å². The molecule has 4 nitrogen and oxygen atoms in total. The molecule has 0 aliphatic carbocycles. The predicted molar refractivity (Wildman–Crippen MR) is 84.0 cm³/mol. The molecule has 1 atom stereocenters. The first-order chi connectivity index (χ1) is 10.2. The van der Waals surface area contributed by atoms with Crippen molar-refractivity contribution in [1.82, 2.24) is 0 Å². The van der Waals surface area contributed by atoms with Crippen LogP contribution in [-0.4, -0.2) is 18.4 Å². The van der Waals surface area contributed by atoms with Crippen LogP contribution < -0.4 is 15.2 Å². The monoisotopic (exact) mass is 305 g/mol. The molecule has 2 aromatic rings. The van der Waals surface area contributed by atoms with Crippen LogP contribution in [0.5, 0.6) is 11.5 Å². The van der Waals surface area contributed by atoms with Gasteiger partial charge in [0.25, 0.3) is 0 Å². The van der Waals surface area contributed by atoms with E-state index >= 15 is 0 Å². The molecule has 0 saturated heterocycles. The molecule has 112 valence electrons. The van der Waals surface area contributed by atoms with E-state index in [9.17, 15) is 4.21 Å². The predicted octanol–water partition coefficient (Wildman–Crippen LogP) is 2.47. The van der Waals surface area contributed by atoms with Crippen molar-refractivity contribution in [2.75, 3.05) is 14.2 Å². The van der Waals surface area contributed by atoms with E-state index in [1.165, 1.54) is 0 Å². The Kier molecular flexibility index (Phi) is 5.36. The molecule has 0 aliphatic heterocycles. The number of nitrogens with two attached hydrogens (primary N) is 1. The highest BCUT2D eigenvalue weighted by molar-refractivity contribution is 7.84. The van der Waals surface area contributed by atoms with Crippen LogP contribution in [0, 0.1) is 0 Å². The number of benzene rings is 2. The van der Waals surface area contributed by atoms with Crippen molar-refractivity contribution < 1.29 is 13.7 Å². The van der Waals surface area contributed by atoms with Crippen molar-refractivity contribution in [2.24, 2.45) is 5.73 Å². The van der Waals surface area contributed by atoms with E-state index in [1.54, 1.807) is 14.2 Å². The van der Waals surface area contributed by atoms with Crippen LogP contribution in [0.4, 0.5) is 0 Å². The maximum absolute atomic E-state index is 12.5. The van der Waals surface area contributed by atoms with Gasteiger partial charge in [-0.15, -0.1) is 0 Å². The fraction of sp³-hybridized carbons (Fsp3) is 0.250. The minimum absolute atomic E-state index is 0.404. The summed E-state index contributed by atoms with van der Waals surface area (Å²) in [5.74, 6) is 1.77. The molecule has 2 aromatic carbocycles. The molecule has 0 aromatic heterocycles. The molecule has 2 N–H and O–H groups in total. The fourth-order valence-electron chi connectivity index (χ4n) is 2.08. The van der Waals surface area contributed by atoms with Crippen LogP contribution in [0.1, 0.15) is 11.1 Å². The summed E-state index contributed by atoms with van der Waals surface area (Å²) in [7, 11) is 2.01. The summed E-state index contributed by atoms with van der Waals surface area (Å²) in [5, 5.41) is 0. The van der Waals surface area contributed by atoms with Gasteiger partial charge >= 0.3 is 0 Å². The van der Waals surface area contributed by atoms with Crippen molar-refractivity contribution in [1.29, 1.82) is 0 Å². The van der Waals surface area contributed by atoms with Crippen LogP contribution in [0.2, 0.25) is 0 Å². The quantitative estimate of drug-likeness (QED) is 0.890. The molecule has 0 amide bonds. The van der Waals surface area contributed by atoms with Crippen molar-refractivity contribution in [3.8, 4) is 11.5 Å². The number of hydrogen-bond acceptors (Lipinski definition) is 4. The molecule has 1 unspecified atom stereocenters. The van der Waals surface area contributed by atoms with Crippen molar-refractivity contribution in [3.63, 3.8) is 0 Å². The summed E-state index contributed by atoms with van der Waals surface area (Å²) < 4.78 is 23.1. The first-order valence-electron chi connectivity index (χ1n) is 6.56. The van der Waals surface area contributed by atoms with Gasteiger partial charge in [0.05, 0.1) is 35.7 Å². The Balaban J connectivity index is 2.23. The Bertz CT molecular complexity index is 643. The van der Waals surface area contributed by atoms with Gasteiger partial charge in [-0.2, -0.15) is 0 Å². The summed E-state index contributed by atoms with van der Waals surface area (Å²) >= 11 is 0. The van der Waals surface area contributed by atoms with E-state index < -0.39 is 10.8 Å². The third-order valence-corrected chi connectivity index (χ3v) is 4.61. The van der Waals surface area contributed by atoms with Gasteiger partial charge in [0.2, 0.25) is 0 Å². The summed E-state index contributed by atoms with van der Waals surface area (Å²) in [6.07, 6.45) is 0. The van der Waals surface area contributed by atoms with Gasteiger partial charge in [-0.05, 0) is 23.8 Å². The molecule has 2 rings (SSSR count). The maximum atomic E-state index is 12.5. The molecule has 21 heavy (non-hydrogen) atoms. The smallest absolute Gasteiger partial charge is 0.134 e. The van der Waals surface area contributed by atoms with E-state index in [0.29, 0.717) is 22.9 Å². The van der Waals surface area contributed by atoms with Gasteiger partial charge in [0, 0.05) is 12.1 Å². The van der Waals surface area contributed by atoms with Crippen molar-refractivity contribution in [3.05, 3.63) is 53.6 Å². The van der Waals surface area contributed by atoms with Crippen LogP contribution in [0.3, 0.4) is 0 Å². The minimum atomic E-state index is -1.18. The lowest BCUT2D eigenvalue weighted by Gasteiger charge is -2.11. The van der Waals surface area contributed by atoms with Crippen LogP contribution >= 0.6 is 0 Å². The SMILES string of the molecule is COc1cc(CS(=O)c2ccccc2OC)ccc1CN. The zero-order valence-electron chi connectivity index (χ0n) is 12.2. The molecular weight excluding hydrogens is 286 g/mol. The number of ether oxygens (including phenoxy) is 2. The molecule has 0 spiro atoms. The van der Waals surface area contributed by atoms with E-state index in [4.69, 9.17) is 15.2 Å². The standard InChI is InChI=1S/C16H19NO3S/c1-19-14-5-3-4-6-16(14)21(18)11-12-7-8-13(10-17)15(9-12)20-2/h3-9H,10-11,17H2,1-2H3. The minimum Gasteiger partial charge on any atom is -0.496 e. The molecule has 0 heterocycles. The Morgan fingerprint density at radius 1 is 1.05 bits per heavy atom. The second-order valence-electron chi connectivity index (χ2n) is 4.49. The van der Waals surface area contributed by atoms with Crippen molar-refractivity contribution >= 4 is 10.8 Å². The normalized spacial score (nSPS) is 12.0. The lowest BCUT2D eigenvalue weighted by Crippen LogP contribution is -2.03. The number of hydrogen-bond donors (Lipinski definition) is 1. The molecule has 5 heteroatoms. The van der Waals surface area contributed by atoms with Gasteiger partial charge in [-0.1, -0.05) is 24.3 Å². The second kappa shape index (κ2) is 7.24. The van der Waals surface area contributed by atoms with Crippen LogP contribution in [0.25, 0.3) is 0 Å². The Hall–Kier alpha value is -1.85. The van der Waals surface area contributed by atoms with E-state index in [2.05, 4.69) is 0 Å². The summed E-state index contributed by atoms with van der Waals surface area (Å²) in [6, 6.07) is 13.1. The first kappa shape index (κ1) is 15.5. The van der Waals surface area contributed by atoms with E-state index in [1.807, 2.05) is 42.5 Å². The summed E-state index contributed by atoms with van der Waals surface area (Å²) in [6.45, 7) is 0.416. The maximum Gasteiger partial charge on any atom is 0.134 e. The summed E-state index contributed by atoms with van der Waals surface area (Å²) in [5.41, 5.74) is 7.52. The Morgan fingerprint density at radius 2 is 1.76 bits per heavy atom. The summed E-state index contributed by atoms with van der Waals surface area (Å²) in [4.78, 5) is 0.696. The first-order valence-corrected chi connectivity index (χ1v) is 7.88. The molecular formula is C16H19NO3S. The second-order valence-corrected chi connectivity index (χ2v) is 5.91. The van der Waals surface area contributed by atoms with Gasteiger partial charge < -0.3 is 15.2 Å². The largest absolute Gasteiger partial charge is 0.496 e. The fourth-order valence-corrected chi connectivity index (χ4v) is 3.33. The van der Waals surface area contributed by atoms with E-state index in [0.717, 1.165) is 16.9 Å². The van der Waals surface area contributed by atoms with Gasteiger partial charge in [0.1, 0.15) is 11.5 Å². The van der Waals surface area contributed by atoms with E-state index in [-0.39, 0.29) is 0 Å². The highest BCUT2D eigenvalue weighted by atomic mass is 32.2. The average molecular weight is 305 g/mol. The topological polar surface area (TPSA) is 61.5 Å². The number of para-hydroxylation sites is 1. The highest BCUT2D eigenvalue weighted by Crippen LogP contribution is 2.25. The lowest BCUT2D eigenvalue weighted by atomic mass is 10.1. The van der Waals surface area contributed by atoms with Crippen LogP contribution in [0.15, 0.2) is 47.4 Å². The number of rotatable bonds is 6. The third kappa shape index (κ3) is 3.62. The molecule has 0 saturated carbocycles.